The molecule has 0 aliphatic heterocycles. The minimum Gasteiger partial charge on any atom is -0.392 e. The lowest BCUT2D eigenvalue weighted by molar-refractivity contribution is 0.0929. The van der Waals surface area contributed by atoms with Crippen LogP contribution in [0.2, 0.25) is 0 Å². The summed E-state index contributed by atoms with van der Waals surface area (Å²) in [7, 11) is 0. The van der Waals surface area contributed by atoms with E-state index < -0.39 is 12.4 Å². The maximum atomic E-state index is 13.0. The minimum atomic E-state index is -0.529. The van der Waals surface area contributed by atoms with Crippen LogP contribution in [0.4, 0.5) is 0 Å². The molecule has 2 aromatic carbocycles. The van der Waals surface area contributed by atoms with Crippen LogP contribution in [0.5, 0.6) is 0 Å². The number of hydrogen-bond acceptors (Lipinski definition) is 5. The molecule has 5 nitrogen and oxygen atoms in total. The van der Waals surface area contributed by atoms with Crippen LogP contribution in [0.3, 0.4) is 0 Å². The monoisotopic (exact) mass is 334 g/mol. The van der Waals surface area contributed by atoms with Crippen molar-refractivity contribution >= 4 is 23.1 Å². The van der Waals surface area contributed by atoms with Crippen molar-refractivity contribution in [2.45, 2.75) is 25.9 Å². The molecule has 0 spiro atoms. The molecule has 0 unspecified atom stereocenters. The lowest BCUT2D eigenvalue weighted by atomic mass is 9.76. The Morgan fingerprint density at radius 1 is 0.760 bits per heavy atom. The van der Waals surface area contributed by atoms with E-state index in [0.29, 0.717) is 6.42 Å². The molecule has 2 aliphatic rings. The summed E-state index contributed by atoms with van der Waals surface area (Å²) in [6, 6.07) is 7.81. The zero-order chi connectivity index (χ0) is 17.7. The van der Waals surface area contributed by atoms with Gasteiger partial charge in [-0.15, -0.1) is 0 Å². The van der Waals surface area contributed by atoms with Gasteiger partial charge in [-0.25, -0.2) is 0 Å². The van der Waals surface area contributed by atoms with E-state index in [9.17, 15) is 24.3 Å². The summed E-state index contributed by atoms with van der Waals surface area (Å²) in [4.78, 5) is 50.9. The van der Waals surface area contributed by atoms with E-state index in [1.165, 1.54) is 6.07 Å². The molecule has 0 heterocycles. The molecule has 0 radical (unpaired) electrons. The molecule has 2 aromatic rings. The topological polar surface area (TPSA) is 88.5 Å². The summed E-state index contributed by atoms with van der Waals surface area (Å²) in [6.07, 6.45) is 0.673. The second-order valence-corrected chi connectivity index (χ2v) is 6.26. The van der Waals surface area contributed by atoms with Gasteiger partial charge in [0.05, 0.1) is 6.61 Å². The number of benzene rings is 2. The number of hydrogen-bond donors (Lipinski definition) is 1. The van der Waals surface area contributed by atoms with Crippen LogP contribution in [0.15, 0.2) is 30.3 Å². The van der Waals surface area contributed by atoms with Gasteiger partial charge in [0.2, 0.25) is 0 Å². The summed E-state index contributed by atoms with van der Waals surface area (Å²) >= 11 is 0. The van der Waals surface area contributed by atoms with Gasteiger partial charge in [0.15, 0.2) is 23.1 Å². The zero-order valence-electron chi connectivity index (χ0n) is 13.3. The Morgan fingerprint density at radius 2 is 1.40 bits per heavy atom. The number of carbonyl (C=O) groups is 4. The third-order valence-electron chi connectivity index (χ3n) is 4.87. The number of rotatable bonds is 1. The first kappa shape index (κ1) is 15.6. The first-order valence-corrected chi connectivity index (χ1v) is 8.10. The molecule has 124 valence electrons. The number of carbonyl (C=O) groups excluding carboxylic acids is 4. The van der Waals surface area contributed by atoms with Gasteiger partial charge in [-0.2, -0.15) is 0 Å². The molecule has 25 heavy (non-hydrogen) atoms. The molecule has 0 fully saturated rings. The van der Waals surface area contributed by atoms with Gasteiger partial charge in [-0.1, -0.05) is 24.3 Å². The standard InChI is InChI=1S/C20H14O5/c21-9-14-12-8-13-18(17(14)16(23)7-3-6-15(12)22)20(25)11-5-2-1-4-10(11)19(13)24/h1-2,4-5,8,21H,3,6-7,9H2. The quantitative estimate of drug-likeness (QED) is 0.738. The molecule has 0 atom stereocenters. The van der Waals surface area contributed by atoms with Crippen molar-refractivity contribution in [3.05, 3.63) is 69.3 Å². The average Bonchev–Trinajstić information content (AvgIpc) is 2.63. The summed E-state index contributed by atoms with van der Waals surface area (Å²) in [5.41, 5.74) is 0.986. The van der Waals surface area contributed by atoms with Crippen LogP contribution < -0.4 is 0 Å². The lowest BCUT2D eigenvalue weighted by Gasteiger charge is -2.24. The maximum Gasteiger partial charge on any atom is 0.195 e. The van der Waals surface area contributed by atoms with Crippen molar-refractivity contribution in [2.75, 3.05) is 0 Å². The van der Waals surface area contributed by atoms with E-state index in [1.54, 1.807) is 24.3 Å². The molecule has 0 aromatic heterocycles. The summed E-state index contributed by atoms with van der Waals surface area (Å²) < 4.78 is 0. The van der Waals surface area contributed by atoms with Crippen LogP contribution in [0.1, 0.15) is 77.4 Å². The van der Waals surface area contributed by atoms with E-state index >= 15 is 0 Å². The normalized spacial score (nSPS) is 16.2. The van der Waals surface area contributed by atoms with Crippen molar-refractivity contribution in [3.63, 3.8) is 0 Å². The Balaban J connectivity index is 2.12. The van der Waals surface area contributed by atoms with Crippen molar-refractivity contribution in [1.82, 2.24) is 0 Å². The fourth-order valence-corrected chi connectivity index (χ4v) is 3.69. The highest BCUT2D eigenvalue weighted by Crippen LogP contribution is 2.35. The van der Waals surface area contributed by atoms with Crippen molar-refractivity contribution in [2.24, 2.45) is 0 Å². The van der Waals surface area contributed by atoms with E-state index in [1.807, 2.05) is 0 Å². The highest BCUT2D eigenvalue weighted by Gasteiger charge is 2.37. The largest absolute Gasteiger partial charge is 0.392 e. The predicted octanol–water partition coefficient (Wildman–Crippen LogP) is 2.50. The Bertz CT molecular complexity index is 984. The molecule has 0 saturated carbocycles. The van der Waals surface area contributed by atoms with Gasteiger partial charge in [-0.3, -0.25) is 19.2 Å². The summed E-state index contributed by atoms with van der Waals surface area (Å²) in [5.74, 6) is -1.32. The Morgan fingerprint density at radius 3 is 2.08 bits per heavy atom. The Kier molecular flexibility index (Phi) is 3.47. The number of Topliss-reactive ketones (excluding diaryl/α,β-unsaturated/α-hetero) is 2. The number of ketones is 4. The van der Waals surface area contributed by atoms with Gasteiger partial charge in [0, 0.05) is 46.2 Å². The van der Waals surface area contributed by atoms with Crippen LogP contribution in [0.25, 0.3) is 0 Å². The van der Waals surface area contributed by atoms with Gasteiger partial charge < -0.3 is 5.11 Å². The number of aliphatic hydroxyl groups is 1. The summed E-state index contributed by atoms with van der Waals surface area (Å²) in [6.45, 7) is -0.529. The smallest absolute Gasteiger partial charge is 0.195 e. The van der Waals surface area contributed by atoms with Crippen LogP contribution in [-0.4, -0.2) is 28.2 Å². The lowest BCUT2D eigenvalue weighted by Crippen LogP contribution is -2.27. The van der Waals surface area contributed by atoms with Gasteiger partial charge in [0.1, 0.15) is 0 Å². The average molecular weight is 334 g/mol. The Hall–Kier alpha value is -2.92. The molecular weight excluding hydrogens is 320 g/mol. The van der Waals surface area contributed by atoms with Gasteiger partial charge in [0.25, 0.3) is 0 Å². The minimum absolute atomic E-state index is 0.0243. The van der Waals surface area contributed by atoms with Crippen LogP contribution in [-0.2, 0) is 6.61 Å². The maximum absolute atomic E-state index is 13.0. The van der Waals surface area contributed by atoms with Crippen LogP contribution >= 0.6 is 0 Å². The van der Waals surface area contributed by atoms with Crippen molar-refractivity contribution < 1.29 is 24.3 Å². The third kappa shape index (κ3) is 2.13. The number of fused-ring (bicyclic) bond motifs is 5. The zero-order valence-corrected chi connectivity index (χ0v) is 13.3. The highest BCUT2D eigenvalue weighted by atomic mass is 16.3. The molecule has 0 amide bonds. The fraction of sp³-hybridized carbons (Fsp3) is 0.200. The molecule has 5 heteroatoms. The molecule has 1 N–H and O–H groups in total. The SMILES string of the molecule is O=C1CCCC(=O)c2c(CO)c1cc1c2C(=O)c2ccccc2C1=O. The summed E-state index contributed by atoms with van der Waals surface area (Å²) in [5, 5.41) is 9.76. The molecular formula is C20H14O5. The van der Waals surface area contributed by atoms with Gasteiger partial charge in [-0.05, 0) is 18.1 Å². The first-order chi connectivity index (χ1) is 12.0. The molecule has 0 saturated heterocycles. The molecule has 2 aliphatic carbocycles. The number of aliphatic hydroxyl groups excluding tert-OH is 1. The van der Waals surface area contributed by atoms with Gasteiger partial charge >= 0.3 is 0 Å². The highest BCUT2D eigenvalue weighted by molar-refractivity contribution is 6.31. The van der Waals surface area contributed by atoms with E-state index in [4.69, 9.17) is 0 Å². The Labute approximate surface area is 143 Å². The van der Waals surface area contributed by atoms with Crippen LogP contribution in [0, 0.1) is 0 Å². The van der Waals surface area contributed by atoms with E-state index in [2.05, 4.69) is 0 Å². The van der Waals surface area contributed by atoms with E-state index in [-0.39, 0.29) is 69.1 Å². The van der Waals surface area contributed by atoms with E-state index in [0.717, 1.165) is 0 Å². The second kappa shape index (κ2) is 5.57. The van der Waals surface area contributed by atoms with Crippen molar-refractivity contribution in [1.29, 1.82) is 0 Å². The molecule has 2 bridgehead atoms. The predicted molar refractivity (Wildman–Crippen MR) is 88.2 cm³/mol. The first-order valence-electron chi connectivity index (χ1n) is 8.10. The third-order valence-corrected chi connectivity index (χ3v) is 4.87. The van der Waals surface area contributed by atoms with Crippen molar-refractivity contribution in [3.8, 4) is 0 Å². The molecule has 4 rings (SSSR count). The second-order valence-electron chi connectivity index (χ2n) is 6.26. The fourth-order valence-electron chi connectivity index (χ4n) is 3.69.